The molecule has 0 amide bonds. The van der Waals surface area contributed by atoms with Gasteiger partial charge in [-0.05, 0) is 49.8 Å². The number of benzene rings is 1. The first-order valence-corrected chi connectivity index (χ1v) is 7.71. The van der Waals surface area contributed by atoms with Crippen molar-refractivity contribution in [3.63, 3.8) is 0 Å². The third-order valence-electron chi connectivity index (χ3n) is 3.57. The average molecular weight is 300 g/mol. The Bertz CT molecular complexity index is 405. The fourth-order valence-corrected chi connectivity index (χ4v) is 3.13. The minimum atomic E-state index is -0.207. The molecule has 0 saturated heterocycles. The Hall–Kier alpha value is -0.600. The molecule has 1 aromatic rings. The first-order valence-electron chi connectivity index (χ1n) is 7.33. The van der Waals surface area contributed by atoms with Gasteiger partial charge in [0.05, 0.1) is 0 Å². The van der Waals surface area contributed by atoms with Gasteiger partial charge in [-0.2, -0.15) is 0 Å². The maximum absolute atomic E-state index is 13.8. The van der Waals surface area contributed by atoms with E-state index in [1.54, 1.807) is 12.1 Å². The molecule has 2 atom stereocenters. The summed E-state index contributed by atoms with van der Waals surface area (Å²) in [7, 11) is 1.93. The standard InChI is InChI=1S/C17H27ClFN/c1-12(11-17(2,3)4)9-13(20-5)10-14-15(18)7-6-8-16(14)19/h6-8,12-13,20H,9-11H2,1-5H3. The highest BCUT2D eigenvalue weighted by Gasteiger charge is 2.20. The molecular weight excluding hydrogens is 273 g/mol. The van der Waals surface area contributed by atoms with E-state index in [0.717, 1.165) is 12.8 Å². The van der Waals surface area contributed by atoms with Gasteiger partial charge in [0, 0.05) is 16.6 Å². The Labute approximate surface area is 127 Å². The predicted molar refractivity (Wildman–Crippen MR) is 85.8 cm³/mol. The van der Waals surface area contributed by atoms with Gasteiger partial charge in [-0.3, -0.25) is 0 Å². The summed E-state index contributed by atoms with van der Waals surface area (Å²) in [6.45, 7) is 9.03. The van der Waals surface area contributed by atoms with E-state index in [2.05, 4.69) is 33.0 Å². The summed E-state index contributed by atoms with van der Waals surface area (Å²) in [5, 5.41) is 3.82. The van der Waals surface area contributed by atoms with Gasteiger partial charge in [0.15, 0.2) is 0 Å². The van der Waals surface area contributed by atoms with Crippen molar-refractivity contribution in [1.82, 2.24) is 5.32 Å². The average Bonchev–Trinajstić information content (AvgIpc) is 2.30. The van der Waals surface area contributed by atoms with Crippen LogP contribution >= 0.6 is 11.6 Å². The molecule has 0 radical (unpaired) electrons. The SMILES string of the molecule is CNC(Cc1c(F)cccc1Cl)CC(C)CC(C)(C)C. The molecule has 0 aliphatic rings. The van der Waals surface area contributed by atoms with Gasteiger partial charge in [-0.1, -0.05) is 45.4 Å². The Balaban J connectivity index is 2.68. The van der Waals surface area contributed by atoms with Gasteiger partial charge >= 0.3 is 0 Å². The lowest BCUT2D eigenvalue weighted by Crippen LogP contribution is -2.31. The molecular formula is C17H27ClFN. The van der Waals surface area contributed by atoms with E-state index in [4.69, 9.17) is 11.6 Å². The van der Waals surface area contributed by atoms with Crippen LogP contribution in [-0.4, -0.2) is 13.1 Å². The van der Waals surface area contributed by atoms with Gasteiger partial charge in [0.2, 0.25) is 0 Å². The van der Waals surface area contributed by atoms with Crippen LogP contribution in [0.25, 0.3) is 0 Å². The number of nitrogens with one attached hydrogen (secondary N) is 1. The van der Waals surface area contributed by atoms with Crippen LogP contribution in [0.3, 0.4) is 0 Å². The fourth-order valence-electron chi connectivity index (χ4n) is 2.89. The monoisotopic (exact) mass is 299 g/mol. The van der Waals surface area contributed by atoms with Crippen molar-refractivity contribution in [2.45, 2.75) is 53.0 Å². The van der Waals surface area contributed by atoms with E-state index in [0.29, 0.717) is 28.3 Å². The summed E-state index contributed by atoms with van der Waals surface area (Å²) in [5.41, 5.74) is 0.948. The van der Waals surface area contributed by atoms with E-state index in [1.807, 2.05) is 7.05 Å². The summed E-state index contributed by atoms with van der Waals surface area (Å²) >= 11 is 6.11. The van der Waals surface area contributed by atoms with Gasteiger partial charge in [0.25, 0.3) is 0 Å². The third kappa shape index (κ3) is 5.80. The molecule has 114 valence electrons. The van der Waals surface area contributed by atoms with Crippen molar-refractivity contribution < 1.29 is 4.39 Å². The summed E-state index contributed by atoms with van der Waals surface area (Å²) in [4.78, 5) is 0. The minimum absolute atomic E-state index is 0.207. The maximum Gasteiger partial charge on any atom is 0.127 e. The number of hydrogen-bond acceptors (Lipinski definition) is 1. The van der Waals surface area contributed by atoms with Crippen molar-refractivity contribution in [1.29, 1.82) is 0 Å². The predicted octanol–water partition coefficient (Wildman–Crippen LogP) is 5.07. The van der Waals surface area contributed by atoms with E-state index in [-0.39, 0.29) is 11.9 Å². The van der Waals surface area contributed by atoms with Crippen LogP contribution < -0.4 is 5.32 Å². The second kappa shape index (κ2) is 7.42. The number of halogens is 2. The second-order valence-corrected chi connectivity index (χ2v) is 7.40. The van der Waals surface area contributed by atoms with Gasteiger partial charge in [-0.15, -0.1) is 0 Å². The minimum Gasteiger partial charge on any atom is -0.317 e. The Morgan fingerprint density at radius 1 is 1.30 bits per heavy atom. The molecule has 0 saturated carbocycles. The van der Waals surface area contributed by atoms with Gasteiger partial charge in [0.1, 0.15) is 5.82 Å². The molecule has 0 fully saturated rings. The van der Waals surface area contributed by atoms with Gasteiger partial charge < -0.3 is 5.32 Å². The zero-order chi connectivity index (χ0) is 15.3. The molecule has 0 heterocycles. The third-order valence-corrected chi connectivity index (χ3v) is 3.92. The lowest BCUT2D eigenvalue weighted by molar-refractivity contribution is 0.277. The zero-order valence-corrected chi connectivity index (χ0v) is 14.0. The second-order valence-electron chi connectivity index (χ2n) is 7.00. The molecule has 20 heavy (non-hydrogen) atoms. The summed E-state index contributed by atoms with van der Waals surface area (Å²) in [6, 6.07) is 5.14. The lowest BCUT2D eigenvalue weighted by Gasteiger charge is -2.27. The Morgan fingerprint density at radius 2 is 1.95 bits per heavy atom. The van der Waals surface area contributed by atoms with Crippen LogP contribution in [0.2, 0.25) is 5.02 Å². The van der Waals surface area contributed by atoms with E-state index >= 15 is 0 Å². The van der Waals surface area contributed by atoms with Crippen molar-refractivity contribution in [2.24, 2.45) is 11.3 Å². The van der Waals surface area contributed by atoms with Crippen LogP contribution in [-0.2, 0) is 6.42 Å². The molecule has 1 N–H and O–H groups in total. The molecule has 0 aliphatic heterocycles. The van der Waals surface area contributed by atoms with E-state index in [9.17, 15) is 4.39 Å². The highest BCUT2D eigenvalue weighted by molar-refractivity contribution is 6.31. The fraction of sp³-hybridized carbons (Fsp3) is 0.647. The largest absolute Gasteiger partial charge is 0.317 e. The van der Waals surface area contributed by atoms with Crippen LogP contribution in [0, 0.1) is 17.2 Å². The van der Waals surface area contributed by atoms with Crippen LogP contribution in [0.5, 0.6) is 0 Å². The normalized spacial score (nSPS) is 15.2. The number of rotatable bonds is 6. The lowest BCUT2D eigenvalue weighted by atomic mass is 9.82. The quantitative estimate of drug-likeness (QED) is 0.773. The maximum atomic E-state index is 13.8. The summed E-state index contributed by atoms with van der Waals surface area (Å²) < 4.78 is 13.8. The first-order chi connectivity index (χ1) is 9.23. The van der Waals surface area contributed by atoms with Crippen molar-refractivity contribution in [3.05, 3.63) is 34.6 Å². The number of likely N-dealkylation sites (N-methyl/N-ethyl adjacent to an activating group) is 1. The highest BCUT2D eigenvalue weighted by atomic mass is 35.5. The van der Waals surface area contributed by atoms with Gasteiger partial charge in [-0.25, -0.2) is 4.39 Å². The van der Waals surface area contributed by atoms with Crippen molar-refractivity contribution >= 4 is 11.6 Å². The molecule has 1 rings (SSSR count). The first kappa shape index (κ1) is 17.5. The van der Waals surface area contributed by atoms with E-state index in [1.165, 1.54) is 6.07 Å². The van der Waals surface area contributed by atoms with Crippen LogP contribution in [0.15, 0.2) is 18.2 Å². The molecule has 1 aromatic carbocycles. The van der Waals surface area contributed by atoms with E-state index < -0.39 is 0 Å². The molecule has 0 spiro atoms. The number of hydrogen-bond donors (Lipinski definition) is 1. The van der Waals surface area contributed by atoms with Crippen molar-refractivity contribution in [3.8, 4) is 0 Å². The zero-order valence-electron chi connectivity index (χ0n) is 13.3. The molecule has 1 nitrogen and oxygen atoms in total. The molecule has 0 aliphatic carbocycles. The summed E-state index contributed by atoms with van der Waals surface area (Å²) in [6.07, 6.45) is 2.82. The summed E-state index contributed by atoms with van der Waals surface area (Å²) in [5.74, 6) is 0.388. The van der Waals surface area contributed by atoms with Crippen molar-refractivity contribution in [2.75, 3.05) is 7.05 Å². The Morgan fingerprint density at radius 3 is 2.45 bits per heavy atom. The Kier molecular flexibility index (Phi) is 6.47. The molecule has 0 aromatic heterocycles. The smallest absolute Gasteiger partial charge is 0.127 e. The molecule has 0 bridgehead atoms. The molecule has 3 heteroatoms. The highest BCUT2D eigenvalue weighted by Crippen LogP contribution is 2.28. The topological polar surface area (TPSA) is 12.0 Å². The molecule has 2 unspecified atom stereocenters. The van der Waals surface area contributed by atoms with Crippen LogP contribution in [0.1, 0.15) is 46.1 Å². The van der Waals surface area contributed by atoms with Crippen LogP contribution in [0.4, 0.5) is 4.39 Å².